The lowest BCUT2D eigenvalue weighted by atomic mass is 10.3. The van der Waals surface area contributed by atoms with Crippen molar-refractivity contribution < 1.29 is 27.5 Å². The van der Waals surface area contributed by atoms with Crippen LogP contribution in [0.1, 0.15) is 6.92 Å². The number of oxazole rings is 1. The molecule has 0 unspecified atom stereocenters. The molecular weight excluding hydrogens is 432 g/mol. The van der Waals surface area contributed by atoms with Crippen molar-refractivity contribution in [2.75, 3.05) is 6.61 Å². The Balaban J connectivity index is 1.79. The quantitative estimate of drug-likeness (QED) is 0.438. The highest BCUT2D eigenvalue weighted by molar-refractivity contribution is 7.16. The van der Waals surface area contributed by atoms with Crippen LogP contribution in [0.5, 0.6) is 0 Å². The van der Waals surface area contributed by atoms with Gasteiger partial charge in [0.05, 0.1) is 22.3 Å². The number of ether oxygens (including phenoxy) is 1. The van der Waals surface area contributed by atoms with E-state index in [2.05, 4.69) is 4.99 Å². The minimum Gasteiger partial charge on any atom is -0.465 e. The fraction of sp³-hybridized carbons (Fsp3) is 0.200. The number of esters is 1. The molecule has 0 saturated heterocycles. The first-order chi connectivity index (χ1) is 14.9. The summed E-state index contributed by atoms with van der Waals surface area (Å²) >= 11 is 0.838. The molecule has 4 rings (SSSR count). The highest BCUT2D eigenvalue weighted by Gasteiger charge is 2.18. The third-order valence-corrected chi connectivity index (χ3v) is 5.40. The fourth-order valence-electron chi connectivity index (χ4n) is 3.14. The number of thiazole rings is 1. The number of rotatable bonds is 5. The Hall–Kier alpha value is -3.60. The molecule has 2 heterocycles. The zero-order chi connectivity index (χ0) is 22.1. The molecule has 0 aliphatic heterocycles. The lowest BCUT2D eigenvalue weighted by molar-refractivity contribution is -0.143. The van der Waals surface area contributed by atoms with Crippen LogP contribution in [-0.2, 0) is 27.4 Å². The Morgan fingerprint density at radius 1 is 1.16 bits per heavy atom. The zero-order valence-corrected chi connectivity index (χ0v) is 16.9. The van der Waals surface area contributed by atoms with E-state index in [4.69, 9.17) is 9.15 Å². The van der Waals surface area contributed by atoms with Gasteiger partial charge in [0.2, 0.25) is 0 Å². The molecule has 0 saturated carbocycles. The number of halogens is 2. The maximum Gasteiger partial charge on any atom is 0.420 e. The van der Waals surface area contributed by atoms with Gasteiger partial charge in [0, 0.05) is 6.07 Å². The number of para-hydroxylation sites is 2. The van der Waals surface area contributed by atoms with Crippen molar-refractivity contribution in [3.63, 3.8) is 0 Å². The molecule has 0 spiro atoms. The van der Waals surface area contributed by atoms with Crippen LogP contribution in [0.3, 0.4) is 0 Å². The van der Waals surface area contributed by atoms with E-state index in [1.807, 2.05) is 0 Å². The summed E-state index contributed by atoms with van der Waals surface area (Å²) in [4.78, 5) is 40.6. The largest absolute Gasteiger partial charge is 0.465 e. The lowest BCUT2D eigenvalue weighted by Crippen LogP contribution is -2.25. The van der Waals surface area contributed by atoms with Crippen molar-refractivity contribution in [1.29, 1.82) is 0 Å². The molecular formula is C20H15F2N3O5S. The lowest BCUT2D eigenvalue weighted by Gasteiger charge is -2.06. The third kappa shape index (κ3) is 4.04. The van der Waals surface area contributed by atoms with Crippen molar-refractivity contribution in [1.82, 2.24) is 9.13 Å². The second kappa shape index (κ2) is 8.26. The van der Waals surface area contributed by atoms with Gasteiger partial charge in [0.15, 0.2) is 16.2 Å². The summed E-state index contributed by atoms with van der Waals surface area (Å²) in [6.07, 6.45) is 0. The van der Waals surface area contributed by atoms with Gasteiger partial charge in [-0.25, -0.2) is 13.6 Å². The van der Waals surface area contributed by atoms with Crippen molar-refractivity contribution in [2.24, 2.45) is 4.99 Å². The molecule has 0 atom stereocenters. The summed E-state index contributed by atoms with van der Waals surface area (Å²) in [6, 6.07) is 8.34. The molecule has 0 fully saturated rings. The number of benzene rings is 2. The van der Waals surface area contributed by atoms with Crippen LogP contribution in [0.2, 0.25) is 0 Å². The molecule has 160 valence electrons. The van der Waals surface area contributed by atoms with Gasteiger partial charge in [0.25, 0.3) is 5.91 Å². The summed E-state index contributed by atoms with van der Waals surface area (Å²) in [5.41, 5.74) is 0.661. The zero-order valence-electron chi connectivity index (χ0n) is 16.1. The molecule has 0 aliphatic rings. The first-order valence-electron chi connectivity index (χ1n) is 9.17. The van der Waals surface area contributed by atoms with E-state index in [1.165, 1.54) is 0 Å². The molecule has 0 aliphatic carbocycles. The minimum absolute atomic E-state index is 0.0293. The topological polar surface area (TPSA) is 95.8 Å². The summed E-state index contributed by atoms with van der Waals surface area (Å²) in [5, 5.41) is 0. The number of fused-ring (bicyclic) bond motifs is 2. The van der Waals surface area contributed by atoms with Gasteiger partial charge in [-0.15, -0.1) is 0 Å². The normalized spacial score (nSPS) is 12.0. The van der Waals surface area contributed by atoms with Crippen LogP contribution in [0.25, 0.3) is 21.3 Å². The molecule has 31 heavy (non-hydrogen) atoms. The third-order valence-electron chi connectivity index (χ3n) is 4.38. The van der Waals surface area contributed by atoms with E-state index in [0.717, 1.165) is 26.5 Å². The SMILES string of the molecule is CCOC(=O)Cn1c(=NC(=O)Cn2c(=O)oc3ccccc32)sc2cc(F)cc(F)c21. The number of nitrogens with zero attached hydrogens (tertiary/aromatic N) is 3. The fourth-order valence-corrected chi connectivity index (χ4v) is 4.22. The second-order valence-corrected chi connectivity index (χ2v) is 7.45. The molecule has 4 aromatic rings. The first-order valence-corrected chi connectivity index (χ1v) is 9.99. The van der Waals surface area contributed by atoms with Crippen molar-refractivity contribution in [3.8, 4) is 0 Å². The van der Waals surface area contributed by atoms with E-state index in [1.54, 1.807) is 31.2 Å². The second-order valence-electron chi connectivity index (χ2n) is 6.44. The molecule has 8 nitrogen and oxygen atoms in total. The smallest absolute Gasteiger partial charge is 0.420 e. The van der Waals surface area contributed by atoms with Crippen LogP contribution in [0.4, 0.5) is 8.78 Å². The van der Waals surface area contributed by atoms with Crippen molar-refractivity contribution >= 4 is 44.5 Å². The van der Waals surface area contributed by atoms with Gasteiger partial charge in [0.1, 0.15) is 18.9 Å². The predicted octanol–water partition coefficient (Wildman–Crippen LogP) is 2.58. The number of hydrogen-bond acceptors (Lipinski definition) is 6. The Bertz CT molecular complexity index is 1450. The monoisotopic (exact) mass is 447 g/mol. The maximum absolute atomic E-state index is 14.4. The Labute approximate surface area is 176 Å². The van der Waals surface area contributed by atoms with Crippen molar-refractivity contribution in [2.45, 2.75) is 20.0 Å². The van der Waals surface area contributed by atoms with Gasteiger partial charge in [-0.05, 0) is 25.1 Å². The summed E-state index contributed by atoms with van der Waals surface area (Å²) in [5.74, 6) is -3.84. The maximum atomic E-state index is 14.4. The molecule has 0 N–H and O–H groups in total. The molecule has 0 bridgehead atoms. The number of carbonyl (C=O) groups excluding carboxylic acids is 2. The molecule has 2 aromatic heterocycles. The highest BCUT2D eigenvalue weighted by Crippen LogP contribution is 2.22. The van der Waals surface area contributed by atoms with Gasteiger partial charge >= 0.3 is 11.7 Å². The van der Waals surface area contributed by atoms with E-state index in [-0.39, 0.29) is 21.6 Å². The molecule has 1 amide bonds. The van der Waals surface area contributed by atoms with E-state index in [9.17, 15) is 23.2 Å². The molecule has 11 heteroatoms. The average Bonchev–Trinajstić information content (AvgIpc) is 3.19. The number of amides is 1. The molecule has 0 radical (unpaired) electrons. The predicted molar refractivity (Wildman–Crippen MR) is 107 cm³/mol. The Morgan fingerprint density at radius 3 is 2.71 bits per heavy atom. The van der Waals surface area contributed by atoms with Crippen LogP contribution >= 0.6 is 11.3 Å². The Morgan fingerprint density at radius 2 is 1.94 bits per heavy atom. The van der Waals surface area contributed by atoms with Gasteiger partial charge in [-0.2, -0.15) is 4.99 Å². The highest BCUT2D eigenvalue weighted by atomic mass is 32.1. The van der Waals surface area contributed by atoms with Gasteiger partial charge in [-0.3, -0.25) is 14.2 Å². The Kier molecular flexibility index (Phi) is 5.51. The van der Waals surface area contributed by atoms with E-state index in [0.29, 0.717) is 17.2 Å². The van der Waals surface area contributed by atoms with E-state index < -0.39 is 42.4 Å². The summed E-state index contributed by atoms with van der Waals surface area (Å²) in [7, 11) is 0. The van der Waals surface area contributed by atoms with Crippen LogP contribution in [0.15, 0.2) is 50.6 Å². The molecule has 2 aromatic carbocycles. The summed E-state index contributed by atoms with van der Waals surface area (Å²) in [6.45, 7) is 0.879. The average molecular weight is 447 g/mol. The number of aromatic nitrogens is 2. The van der Waals surface area contributed by atoms with Crippen LogP contribution in [-0.4, -0.2) is 27.6 Å². The van der Waals surface area contributed by atoms with Gasteiger partial charge < -0.3 is 13.7 Å². The van der Waals surface area contributed by atoms with Gasteiger partial charge in [-0.1, -0.05) is 23.5 Å². The van der Waals surface area contributed by atoms with E-state index >= 15 is 0 Å². The standard InChI is InChI=1S/C20H15F2N3O5S/c1-2-29-17(27)10-25-18-12(22)7-11(21)8-15(18)31-19(25)23-16(26)9-24-13-5-3-4-6-14(13)30-20(24)28/h3-8H,2,9-10H2,1H3. The first kappa shape index (κ1) is 20.7. The number of hydrogen-bond donors (Lipinski definition) is 0. The summed E-state index contributed by atoms with van der Waals surface area (Å²) < 4.78 is 40.5. The van der Waals surface area contributed by atoms with Crippen molar-refractivity contribution in [3.05, 3.63) is 63.4 Å². The number of carbonyl (C=O) groups is 2. The minimum atomic E-state index is -0.901. The van der Waals surface area contributed by atoms with Crippen LogP contribution in [0, 0.1) is 11.6 Å². The van der Waals surface area contributed by atoms with Crippen LogP contribution < -0.4 is 10.6 Å².